The molecule has 0 aliphatic carbocycles. The topological polar surface area (TPSA) is 63.0 Å². The lowest BCUT2D eigenvalue weighted by molar-refractivity contribution is 0.479. The van der Waals surface area contributed by atoms with Gasteiger partial charge in [-0.05, 0) is 19.0 Å². The monoisotopic (exact) mass is 302 g/mol. The largest absolute Gasteiger partial charge is 0.406 e. The summed E-state index contributed by atoms with van der Waals surface area (Å²) in [5.74, 6) is -1.23. The third kappa shape index (κ3) is 3.64. The van der Waals surface area contributed by atoms with Crippen LogP contribution in [0.2, 0.25) is 5.02 Å². The van der Waals surface area contributed by atoms with E-state index < -0.39 is 11.6 Å². The first-order chi connectivity index (χ1) is 9.60. The Morgan fingerprint density at radius 2 is 2.10 bits per heavy atom. The summed E-state index contributed by atoms with van der Waals surface area (Å²) in [5.41, 5.74) is -0.107. The van der Waals surface area contributed by atoms with E-state index in [1.807, 2.05) is 6.92 Å². The maximum absolute atomic E-state index is 13.6. The maximum atomic E-state index is 13.6. The second-order valence-corrected chi connectivity index (χ2v) is 4.45. The second kappa shape index (κ2) is 6.62. The number of anilines is 2. The van der Waals surface area contributed by atoms with Crippen molar-refractivity contribution < 1.29 is 13.2 Å². The zero-order valence-electron chi connectivity index (χ0n) is 10.7. The SMILES string of the molecule is CCCNCc1nnc(Nc2c(F)cc(F)cc2Cl)o1. The molecule has 0 aliphatic rings. The molecule has 0 radical (unpaired) electrons. The summed E-state index contributed by atoms with van der Waals surface area (Å²) in [7, 11) is 0. The van der Waals surface area contributed by atoms with E-state index in [0.29, 0.717) is 18.5 Å². The molecule has 0 spiro atoms. The minimum Gasteiger partial charge on any atom is -0.406 e. The lowest BCUT2D eigenvalue weighted by atomic mass is 10.3. The van der Waals surface area contributed by atoms with Gasteiger partial charge in [0.25, 0.3) is 0 Å². The van der Waals surface area contributed by atoms with Gasteiger partial charge in [-0.2, -0.15) is 0 Å². The molecule has 1 aromatic carbocycles. The van der Waals surface area contributed by atoms with Crippen LogP contribution >= 0.6 is 11.6 Å². The molecule has 0 atom stereocenters. The minimum absolute atomic E-state index is 0.00860. The van der Waals surface area contributed by atoms with Crippen LogP contribution < -0.4 is 10.6 Å². The molecule has 1 heterocycles. The number of hydrogen-bond donors (Lipinski definition) is 2. The summed E-state index contributed by atoms with van der Waals surface area (Å²) in [6, 6.07) is 1.70. The summed E-state index contributed by atoms with van der Waals surface area (Å²) in [4.78, 5) is 0. The van der Waals surface area contributed by atoms with Crippen molar-refractivity contribution in [1.82, 2.24) is 15.5 Å². The fraction of sp³-hybridized carbons (Fsp3) is 0.333. The summed E-state index contributed by atoms with van der Waals surface area (Å²) in [6.45, 7) is 3.28. The van der Waals surface area contributed by atoms with Crippen LogP contribution in [0.15, 0.2) is 16.5 Å². The van der Waals surface area contributed by atoms with Crippen molar-refractivity contribution in [2.24, 2.45) is 0 Å². The van der Waals surface area contributed by atoms with Crippen LogP contribution in [0.1, 0.15) is 19.2 Å². The molecule has 0 fully saturated rings. The molecule has 1 aromatic heterocycles. The van der Waals surface area contributed by atoms with E-state index in [1.54, 1.807) is 0 Å². The number of benzene rings is 1. The fourth-order valence-electron chi connectivity index (χ4n) is 1.52. The van der Waals surface area contributed by atoms with Crippen molar-refractivity contribution in [2.75, 3.05) is 11.9 Å². The maximum Gasteiger partial charge on any atom is 0.320 e. The fourth-order valence-corrected chi connectivity index (χ4v) is 1.76. The predicted octanol–water partition coefficient (Wildman–Crippen LogP) is 3.24. The molecule has 20 heavy (non-hydrogen) atoms. The average molecular weight is 303 g/mol. The zero-order chi connectivity index (χ0) is 14.5. The van der Waals surface area contributed by atoms with Crippen LogP contribution in [-0.4, -0.2) is 16.7 Å². The van der Waals surface area contributed by atoms with Gasteiger partial charge in [0, 0.05) is 6.07 Å². The van der Waals surface area contributed by atoms with Crippen molar-refractivity contribution >= 4 is 23.3 Å². The lowest BCUT2D eigenvalue weighted by Crippen LogP contribution is -2.13. The van der Waals surface area contributed by atoms with Crippen LogP contribution in [0.5, 0.6) is 0 Å². The number of rotatable bonds is 6. The van der Waals surface area contributed by atoms with Gasteiger partial charge < -0.3 is 15.1 Å². The van der Waals surface area contributed by atoms with Gasteiger partial charge in [-0.3, -0.25) is 0 Å². The van der Waals surface area contributed by atoms with Gasteiger partial charge in [-0.15, -0.1) is 5.10 Å². The van der Waals surface area contributed by atoms with Crippen molar-refractivity contribution in [3.8, 4) is 0 Å². The summed E-state index contributed by atoms with van der Waals surface area (Å²) < 4.78 is 31.7. The van der Waals surface area contributed by atoms with Gasteiger partial charge in [-0.25, -0.2) is 8.78 Å². The molecule has 0 saturated carbocycles. The van der Waals surface area contributed by atoms with Crippen molar-refractivity contribution in [2.45, 2.75) is 19.9 Å². The van der Waals surface area contributed by atoms with Crippen molar-refractivity contribution in [3.05, 3.63) is 34.7 Å². The summed E-state index contributed by atoms with van der Waals surface area (Å²) in [5, 5.41) is 13.0. The van der Waals surface area contributed by atoms with Crippen LogP contribution in [0.3, 0.4) is 0 Å². The predicted molar refractivity (Wildman–Crippen MR) is 70.9 cm³/mol. The van der Waals surface area contributed by atoms with Gasteiger partial charge in [0.15, 0.2) is 5.82 Å². The third-order valence-corrected chi connectivity index (χ3v) is 2.71. The van der Waals surface area contributed by atoms with E-state index >= 15 is 0 Å². The van der Waals surface area contributed by atoms with Gasteiger partial charge in [0.1, 0.15) is 5.82 Å². The standard InChI is InChI=1S/C12H13ClF2N4O/c1-2-3-16-6-10-18-19-12(20-10)17-11-8(13)4-7(14)5-9(11)15/h4-5,16H,2-3,6H2,1H3,(H,17,19). The third-order valence-electron chi connectivity index (χ3n) is 2.41. The average Bonchev–Trinajstić information content (AvgIpc) is 2.82. The molecule has 0 unspecified atom stereocenters. The van der Waals surface area contributed by atoms with Crippen LogP contribution in [-0.2, 0) is 6.54 Å². The van der Waals surface area contributed by atoms with E-state index in [9.17, 15) is 8.78 Å². The van der Waals surface area contributed by atoms with Crippen LogP contribution in [0, 0.1) is 11.6 Å². The summed E-state index contributed by atoms with van der Waals surface area (Å²) >= 11 is 5.75. The Bertz CT molecular complexity index is 568. The van der Waals surface area contributed by atoms with Crippen LogP contribution in [0.25, 0.3) is 0 Å². The molecule has 2 N–H and O–H groups in total. The zero-order valence-corrected chi connectivity index (χ0v) is 11.5. The molecule has 0 amide bonds. The molecular formula is C12H13ClF2N4O. The number of nitrogens with zero attached hydrogens (tertiary/aromatic N) is 2. The Balaban J connectivity index is 2.07. The summed E-state index contributed by atoms with van der Waals surface area (Å²) in [6.07, 6.45) is 0.982. The quantitative estimate of drug-likeness (QED) is 0.802. The first-order valence-corrected chi connectivity index (χ1v) is 6.42. The highest BCUT2D eigenvalue weighted by atomic mass is 35.5. The Kier molecular flexibility index (Phi) is 4.86. The molecule has 0 aliphatic heterocycles. The Hall–Kier alpha value is -1.73. The number of halogens is 3. The van der Waals surface area contributed by atoms with Crippen molar-refractivity contribution in [3.63, 3.8) is 0 Å². The van der Waals surface area contributed by atoms with E-state index in [2.05, 4.69) is 20.8 Å². The number of nitrogens with one attached hydrogen (secondary N) is 2. The number of hydrogen-bond acceptors (Lipinski definition) is 5. The van der Waals surface area contributed by atoms with Crippen molar-refractivity contribution in [1.29, 1.82) is 0 Å². The van der Waals surface area contributed by atoms with E-state index in [4.69, 9.17) is 16.0 Å². The molecule has 2 rings (SSSR count). The first kappa shape index (κ1) is 14.7. The highest BCUT2D eigenvalue weighted by molar-refractivity contribution is 6.33. The molecule has 5 nitrogen and oxygen atoms in total. The molecule has 0 saturated heterocycles. The van der Waals surface area contributed by atoms with E-state index in [0.717, 1.165) is 19.0 Å². The Morgan fingerprint density at radius 3 is 2.80 bits per heavy atom. The highest BCUT2D eigenvalue weighted by Gasteiger charge is 2.13. The van der Waals surface area contributed by atoms with Crippen LogP contribution in [0.4, 0.5) is 20.5 Å². The van der Waals surface area contributed by atoms with Gasteiger partial charge in [0.05, 0.1) is 17.3 Å². The normalized spacial score (nSPS) is 10.8. The molecule has 2 aromatic rings. The minimum atomic E-state index is -0.834. The number of aromatic nitrogens is 2. The molecular weight excluding hydrogens is 290 g/mol. The van der Waals surface area contributed by atoms with E-state index in [1.165, 1.54) is 0 Å². The Morgan fingerprint density at radius 1 is 1.30 bits per heavy atom. The highest BCUT2D eigenvalue weighted by Crippen LogP contribution is 2.28. The van der Waals surface area contributed by atoms with Gasteiger partial charge in [-0.1, -0.05) is 23.6 Å². The van der Waals surface area contributed by atoms with Gasteiger partial charge in [0.2, 0.25) is 5.89 Å². The smallest absolute Gasteiger partial charge is 0.320 e. The first-order valence-electron chi connectivity index (χ1n) is 6.04. The molecule has 108 valence electrons. The lowest BCUT2D eigenvalue weighted by Gasteiger charge is -2.05. The van der Waals surface area contributed by atoms with E-state index in [-0.39, 0.29) is 16.7 Å². The van der Waals surface area contributed by atoms with Gasteiger partial charge >= 0.3 is 6.01 Å². The molecule has 8 heteroatoms. The second-order valence-electron chi connectivity index (χ2n) is 4.05. The molecule has 0 bridgehead atoms. The Labute approximate surface area is 119 Å².